The topological polar surface area (TPSA) is 137 Å². The van der Waals surface area contributed by atoms with E-state index in [1.54, 1.807) is 42.9 Å². The maximum Gasteiger partial charge on any atom is 0.142 e. The lowest BCUT2D eigenvalue weighted by atomic mass is 10.1. The van der Waals surface area contributed by atoms with E-state index in [0.717, 1.165) is 5.56 Å². The van der Waals surface area contributed by atoms with E-state index in [2.05, 4.69) is 33.7 Å². The molecule has 8 heteroatoms. The normalized spacial score (nSPS) is 12.9. The Bertz CT molecular complexity index is 873. The summed E-state index contributed by atoms with van der Waals surface area (Å²) in [7, 11) is 2.17. The number of nitrogens with two attached hydrogens (primary N) is 2. The molecule has 0 saturated carbocycles. The number of H-pyrrole nitrogens is 2. The van der Waals surface area contributed by atoms with E-state index < -0.39 is 0 Å². The zero-order chi connectivity index (χ0) is 22.9. The number of phenolic OH excluding ortho intramolecular Hbond substituents is 1. The van der Waals surface area contributed by atoms with Crippen LogP contribution in [-0.2, 0) is 4.79 Å². The predicted molar refractivity (Wildman–Crippen MR) is 127 cm³/mol. The van der Waals surface area contributed by atoms with Gasteiger partial charge in [-0.3, -0.25) is 9.89 Å². The number of carbonyl (C=O) groups is 1. The summed E-state index contributed by atoms with van der Waals surface area (Å²) in [6.07, 6.45) is 11.6. The molecule has 1 aromatic carbocycles. The highest BCUT2D eigenvalue weighted by molar-refractivity contribution is 5.84. The molecule has 2 aromatic heterocycles. The zero-order valence-corrected chi connectivity index (χ0v) is 17.9. The summed E-state index contributed by atoms with van der Waals surface area (Å²) >= 11 is 0. The van der Waals surface area contributed by atoms with Crippen molar-refractivity contribution >= 4 is 23.9 Å². The number of para-hydroxylation sites is 1. The van der Waals surface area contributed by atoms with Gasteiger partial charge in [0.25, 0.3) is 0 Å². The Balaban J connectivity index is 0.000000260. The van der Waals surface area contributed by atoms with Crippen LogP contribution >= 0.6 is 0 Å². The Kier molecular flexibility index (Phi) is 12.3. The second-order valence-electron chi connectivity index (χ2n) is 6.61. The van der Waals surface area contributed by atoms with E-state index in [9.17, 15) is 5.11 Å². The van der Waals surface area contributed by atoms with E-state index in [1.165, 1.54) is 32.0 Å². The van der Waals surface area contributed by atoms with Gasteiger partial charge in [-0.15, -0.1) is 0 Å². The van der Waals surface area contributed by atoms with Crippen LogP contribution < -0.4 is 11.5 Å². The van der Waals surface area contributed by atoms with Crippen molar-refractivity contribution in [3.8, 4) is 5.75 Å². The fraction of sp³-hybridized carbons (Fsp3) is 0.217. The van der Waals surface area contributed by atoms with Crippen molar-refractivity contribution in [2.24, 2.45) is 5.73 Å². The monoisotopic (exact) mass is 424 g/mol. The Morgan fingerprint density at radius 3 is 2.26 bits per heavy atom. The number of aromatic hydroxyl groups is 1. The summed E-state index contributed by atoms with van der Waals surface area (Å²) in [5.41, 5.74) is 13.5. The van der Waals surface area contributed by atoms with E-state index in [4.69, 9.17) is 16.3 Å². The largest absolute Gasteiger partial charge is 0.507 e. The lowest BCUT2D eigenvalue weighted by Gasteiger charge is -2.04. The van der Waals surface area contributed by atoms with Crippen LogP contribution in [0.3, 0.4) is 0 Å². The first-order valence-corrected chi connectivity index (χ1v) is 9.86. The highest BCUT2D eigenvalue weighted by Crippen LogP contribution is 2.24. The molecule has 1 aliphatic rings. The van der Waals surface area contributed by atoms with Crippen molar-refractivity contribution < 1.29 is 9.90 Å². The molecule has 7 N–H and O–H groups in total. The highest BCUT2D eigenvalue weighted by Gasteiger charge is 2.04. The van der Waals surface area contributed by atoms with Crippen LogP contribution in [0.4, 0.5) is 5.82 Å². The van der Waals surface area contributed by atoms with Gasteiger partial charge in [0.05, 0.1) is 0 Å². The fourth-order valence-corrected chi connectivity index (χ4v) is 2.57. The lowest BCUT2D eigenvalue weighted by Crippen LogP contribution is -2.10. The fourth-order valence-electron chi connectivity index (χ4n) is 2.57. The number of likely N-dealkylation sites (tertiary alicyclic amines) is 1. The molecule has 1 fully saturated rings. The average molecular weight is 425 g/mol. The van der Waals surface area contributed by atoms with E-state index >= 15 is 0 Å². The second kappa shape index (κ2) is 15.1. The van der Waals surface area contributed by atoms with Crippen LogP contribution in [0.1, 0.15) is 24.0 Å². The van der Waals surface area contributed by atoms with Gasteiger partial charge in [0.15, 0.2) is 0 Å². The highest BCUT2D eigenvalue weighted by atomic mass is 16.3. The number of nitrogens with zero attached hydrogens (tertiary/aromatic N) is 2. The van der Waals surface area contributed by atoms with Crippen molar-refractivity contribution in [3.63, 3.8) is 0 Å². The van der Waals surface area contributed by atoms with Crippen molar-refractivity contribution in [1.29, 1.82) is 0 Å². The van der Waals surface area contributed by atoms with Gasteiger partial charge in [0, 0.05) is 35.4 Å². The van der Waals surface area contributed by atoms with Crippen molar-refractivity contribution in [2.75, 3.05) is 25.9 Å². The van der Waals surface area contributed by atoms with Gasteiger partial charge in [0.1, 0.15) is 17.9 Å². The Hall–Kier alpha value is -3.78. The van der Waals surface area contributed by atoms with Crippen LogP contribution in [0.5, 0.6) is 5.75 Å². The number of nitrogen functional groups attached to an aromatic ring is 1. The van der Waals surface area contributed by atoms with Crippen LogP contribution in [0.2, 0.25) is 0 Å². The lowest BCUT2D eigenvalue weighted by molar-refractivity contribution is -0.104. The molecule has 0 atom stereocenters. The minimum atomic E-state index is 0.158. The SMILES string of the molecule is C=CC=O.CN1CCCC1.N/C(=C\c1cc[nH]c1N)c1ccccc1O.c1cn[nH]c1. The van der Waals surface area contributed by atoms with E-state index in [0.29, 0.717) is 23.4 Å². The third-order valence-electron chi connectivity index (χ3n) is 4.17. The number of aldehydes is 1. The molecule has 0 bridgehead atoms. The zero-order valence-electron chi connectivity index (χ0n) is 17.9. The number of phenols is 1. The first-order chi connectivity index (χ1) is 15.0. The molecule has 8 nitrogen and oxygen atoms in total. The molecule has 1 aliphatic heterocycles. The van der Waals surface area contributed by atoms with Crippen molar-refractivity contribution in [2.45, 2.75) is 12.8 Å². The molecule has 166 valence electrons. The number of rotatable bonds is 3. The molecule has 31 heavy (non-hydrogen) atoms. The molecule has 0 radical (unpaired) electrons. The summed E-state index contributed by atoms with van der Waals surface area (Å²) < 4.78 is 0. The molecule has 0 unspecified atom stereocenters. The molecule has 0 aliphatic carbocycles. The Labute approximate surface area is 183 Å². The first-order valence-electron chi connectivity index (χ1n) is 9.86. The van der Waals surface area contributed by atoms with Crippen molar-refractivity contribution in [1.82, 2.24) is 20.1 Å². The van der Waals surface area contributed by atoms with Crippen LogP contribution in [-0.4, -0.2) is 51.6 Å². The van der Waals surface area contributed by atoms with Gasteiger partial charge in [-0.2, -0.15) is 5.10 Å². The Morgan fingerprint density at radius 1 is 1.19 bits per heavy atom. The van der Waals surface area contributed by atoms with Crippen LogP contribution in [0, 0.1) is 0 Å². The molecule has 0 spiro atoms. The van der Waals surface area contributed by atoms with Gasteiger partial charge in [-0.05, 0) is 69.4 Å². The number of anilines is 1. The van der Waals surface area contributed by atoms with E-state index in [1.807, 2.05) is 18.2 Å². The predicted octanol–water partition coefficient (Wildman–Crippen LogP) is 3.25. The molecule has 3 aromatic rings. The molecular weight excluding hydrogens is 392 g/mol. The van der Waals surface area contributed by atoms with Gasteiger partial charge < -0.3 is 26.5 Å². The summed E-state index contributed by atoms with van der Waals surface area (Å²) in [4.78, 5) is 14.3. The first kappa shape index (κ1) is 25.3. The number of benzene rings is 1. The number of hydrogen-bond acceptors (Lipinski definition) is 6. The number of aromatic amines is 2. The molecule has 4 rings (SSSR count). The molecule has 3 heterocycles. The van der Waals surface area contributed by atoms with Gasteiger partial charge >= 0.3 is 0 Å². The van der Waals surface area contributed by atoms with Gasteiger partial charge in [0.2, 0.25) is 0 Å². The maximum atomic E-state index is 9.62. The van der Waals surface area contributed by atoms with Gasteiger partial charge in [-0.1, -0.05) is 18.7 Å². The molecule has 1 saturated heterocycles. The van der Waals surface area contributed by atoms with Gasteiger partial charge in [-0.25, -0.2) is 0 Å². The standard InChI is InChI=1S/C12H13N3O.C5H11N.C3H4N2.C3H4O/c13-10(7-8-5-6-15-12(8)14)9-3-1-2-4-11(9)16;1-6-4-2-3-5-6;1-2-4-5-3-1;1-2-3-4/h1-7,15-16H,13-14H2;2-5H2,1H3;1-3H,(H,4,5);2-3H,1H2/b10-7-;;;. The number of carbonyl (C=O) groups excluding carboxylic acids is 1. The molecular formula is C23H32N6O2. The quantitative estimate of drug-likeness (QED) is 0.323. The molecule has 0 amide bonds. The summed E-state index contributed by atoms with van der Waals surface area (Å²) in [6, 6.07) is 10.6. The average Bonchev–Trinajstić information content (AvgIpc) is 3.55. The summed E-state index contributed by atoms with van der Waals surface area (Å²) in [6.45, 7) is 5.75. The third-order valence-corrected chi connectivity index (χ3v) is 4.17. The summed E-state index contributed by atoms with van der Waals surface area (Å²) in [5.74, 6) is 0.712. The number of hydrogen-bond donors (Lipinski definition) is 5. The third kappa shape index (κ3) is 10.5. The Morgan fingerprint density at radius 2 is 1.87 bits per heavy atom. The van der Waals surface area contributed by atoms with E-state index in [-0.39, 0.29) is 5.75 Å². The number of aromatic nitrogens is 3. The smallest absolute Gasteiger partial charge is 0.142 e. The maximum absolute atomic E-state index is 9.62. The second-order valence-corrected chi connectivity index (χ2v) is 6.61. The minimum absolute atomic E-state index is 0.158. The summed E-state index contributed by atoms with van der Waals surface area (Å²) in [5, 5.41) is 15.8. The number of allylic oxidation sites excluding steroid dienone is 1. The number of nitrogens with one attached hydrogen (secondary N) is 2. The van der Waals surface area contributed by atoms with Crippen LogP contribution in [0.15, 0.2) is 67.6 Å². The minimum Gasteiger partial charge on any atom is -0.507 e. The van der Waals surface area contributed by atoms with Crippen LogP contribution in [0.25, 0.3) is 11.8 Å². The van der Waals surface area contributed by atoms with Crippen molar-refractivity contribution in [3.05, 3.63) is 78.8 Å².